The average Bonchev–Trinajstić information content (AvgIpc) is 3.06. The van der Waals surface area contributed by atoms with E-state index in [0.717, 1.165) is 25.2 Å². The van der Waals surface area contributed by atoms with Gasteiger partial charge in [-0.05, 0) is 31.6 Å². The molecule has 0 aliphatic heterocycles. The second kappa shape index (κ2) is 48.2. The first kappa shape index (κ1) is 49.2. The van der Waals surface area contributed by atoms with E-state index in [9.17, 15) is 5.11 Å². The predicted molar refractivity (Wildman–Crippen MR) is 205 cm³/mol. The summed E-state index contributed by atoms with van der Waals surface area (Å²) >= 11 is 0. The summed E-state index contributed by atoms with van der Waals surface area (Å²) in [5, 5.41) is 18.4. The summed E-state index contributed by atoms with van der Waals surface area (Å²) < 4.78 is 0. The smallest absolute Gasteiger partial charge is 0.0537 e. The van der Waals surface area contributed by atoms with Crippen LogP contribution < -0.4 is 11.5 Å². The number of aliphatic hydroxyl groups is 2. The molecule has 0 heterocycles. The van der Waals surface area contributed by atoms with Gasteiger partial charge in [0.1, 0.15) is 0 Å². The summed E-state index contributed by atoms with van der Waals surface area (Å²) in [6.07, 6.45) is 43.6. The molecule has 0 aromatic heterocycles. The first-order valence-electron chi connectivity index (χ1n) is 20.8. The normalized spacial score (nSPS) is 12.3. The molecule has 2 unspecified atom stereocenters. The Morgan fingerprint density at radius 3 is 0.978 bits per heavy atom. The molecule has 0 spiro atoms. The molecule has 4 nitrogen and oxygen atoms in total. The highest BCUT2D eigenvalue weighted by Gasteiger charge is 2.07. The highest BCUT2D eigenvalue weighted by Crippen LogP contribution is 2.21. The van der Waals surface area contributed by atoms with Gasteiger partial charge >= 0.3 is 0 Å². The Morgan fingerprint density at radius 2 is 0.689 bits per heavy atom. The van der Waals surface area contributed by atoms with Gasteiger partial charge in [-0.1, -0.05) is 207 Å². The van der Waals surface area contributed by atoms with E-state index < -0.39 is 0 Å². The summed E-state index contributed by atoms with van der Waals surface area (Å²) in [5.41, 5.74) is 9.81. The zero-order valence-corrected chi connectivity index (χ0v) is 32.0. The molecule has 0 aromatic rings. The van der Waals surface area contributed by atoms with Crippen LogP contribution in [0.15, 0.2) is 0 Å². The van der Waals surface area contributed by atoms with Crippen LogP contribution in [0.5, 0.6) is 0 Å². The molecule has 0 amide bonds. The molecule has 6 N–H and O–H groups in total. The number of hydrogen-bond donors (Lipinski definition) is 4. The molecule has 0 saturated heterocycles. The van der Waals surface area contributed by atoms with Gasteiger partial charge in [-0.25, -0.2) is 0 Å². The fourth-order valence-electron chi connectivity index (χ4n) is 6.10. The molecule has 45 heavy (non-hydrogen) atoms. The van der Waals surface area contributed by atoms with Crippen LogP contribution in [0.1, 0.15) is 233 Å². The maximum Gasteiger partial charge on any atom is 0.0537 e. The summed E-state index contributed by atoms with van der Waals surface area (Å²) in [7, 11) is 0. The standard InChI is InChI=1S/C21H44O.C18H38O.C2H8N2/c1-3-5-6-7-8-9-10-11-12-13-14-15-18-21(17-4-2)19-16-20-22;1-3-5-6-7-8-9-10-11-12-13-14-15-16-17-18(19)4-2;3-1-2-4/h21-22H,3-20H2,1-2H3;18-19H,3-17H2,1-2H3;1-4H2. The molecule has 0 aliphatic rings. The molecule has 4 heteroatoms. The van der Waals surface area contributed by atoms with Crippen LogP contribution in [0.2, 0.25) is 0 Å². The molecule has 0 radical (unpaired) electrons. The lowest BCUT2D eigenvalue weighted by molar-refractivity contribution is 0.156. The highest BCUT2D eigenvalue weighted by molar-refractivity contribution is 4.60. The predicted octanol–water partition coefficient (Wildman–Crippen LogP) is 12.4. The van der Waals surface area contributed by atoms with Crippen molar-refractivity contribution in [3.8, 4) is 0 Å². The largest absolute Gasteiger partial charge is 0.396 e. The van der Waals surface area contributed by atoms with Gasteiger partial charge in [0, 0.05) is 19.7 Å². The van der Waals surface area contributed by atoms with Crippen LogP contribution in [-0.4, -0.2) is 36.0 Å². The van der Waals surface area contributed by atoms with Gasteiger partial charge in [0.2, 0.25) is 0 Å². The van der Waals surface area contributed by atoms with Crippen LogP contribution in [0.4, 0.5) is 0 Å². The van der Waals surface area contributed by atoms with Crippen molar-refractivity contribution in [3.05, 3.63) is 0 Å². The molecule has 0 rings (SSSR count). The molecule has 0 saturated carbocycles. The third-order valence-corrected chi connectivity index (χ3v) is 9.21. The number of aliphatic hydroxyl groups excluding tert-OH is 2. The Hall–Kier alpha value is -0.160. The molecule has 0 aliphatic carbocycles. The van der Waals surface area contributed by atoms with Crippen molar-refractivity contribution in [2.75, 3.05) is 19.7 Å². The lowest BCUT2D eigenvalue weighted by Crippen LogP contribution is -2.11. The number of unbranched alkanes of at least 4 members (excludes halogenated alkanes) is 23. The Bertz CT molecular complexity index is 461. The minimum Gasteiger partial charge on any atom is -0.396 e. The van der Waals surface area contributed by atoms with E-state index in [0.29, 0.717) is 19.7 Å². The van der Waals surface area contributed by atoms with E-state index >= 15 is 0 Å². The van der Waals surface area contributed by atoms with Gasteiger partial charge in [-0.3, -0.25) is 0 Å². The van der Waals surface area contributed by atoms with Crippen molar-refractivity contribution in [2.24, 2.45) is 17.4 Å². The third kappa shape index (κ3) is 50.9. The lowest BCUT2D eigenvalue weighted by atomic mass is 9.92. The summed E-state index contributed by atoms with van der Waals surface area (Å²) in [6, 6.07) is 0. The second-order valence-corrected chi connectivity index (χ2v) is 13.9. The van der Waals surface area contributed by atoms with Crippen molar-refractivity contribution in [2.45, 2.75) is 239 Å². The van der Waals surface area contributed by atoms with Gasteiger partial charge in [0.25, 0.3) is 0 Å². The quantitative estimate of drug-likeness (QED) is 0.0525. The average molecular weight is 643 g/mol. The SMILES string of the molecule is CCCCCCCCCCCCCCC(CCC)CCCO.CCCCCCCCCCCCCCCC(O)CC.NCCN. The van der Waals surface area contributed by atoms with Gasteiger partial charge in [-0.15, -0.1) is 0 Å². The summed E-state index contributed by atoms with van der Waals surface area (Å²) in [4.78, 5) is 0. The summed E-state index contributed by atoms with van der Waals surface area (Å²) in [5.74, 6) is 0.875. The monoisotopic (exact) mass is 643 g/mol. The molecule has 2 atom stereocenters. The van der Waals surface area contributed by atoms with Gasteiger partial charge < -0.3 is 21.7 Å². The Balaban J connectivity index is -0.000000705. The van der Waals surface area contributed by atoms with Crippen LogP contribution in [-0.2, 0) is 0 Å². The fraction of sp³-hybridized carbons (Fsp3) is 1.00. The zero-order chi connectivity index (χ0) is 33.9. The number of hydrogen-bond acceptors (Lipinski definition) is 4. The van der Waals surface area contributed by atoms with E-state index in [1.54, 1.807) is 0 Å². The molecule has 0 fully saturated rings. The number of rotatable bonds is 34. The maximum atomic E-state index is 9.44. The van der Waals surface area contributed by atoms with E-state index in [2.05, 4.69) is 27.7 Å². The van der Waals surface area contributed by atoms with Crippen molar-refractivity contribution in [1.82, 2.24) is 0 Å². The Morgan fingerprint density at radius 1 is 0.378 bits per heavy atom. The number of nitrogens with two attached hydrogens (primary N) is 2. The maximum absolute atomic E-state index is 9.44. The van der Waals surface area contributed by atoms with E-state index in [1.807, 2.05) is 0 Å². The van der Waals surface area contributed by atoms with Crippen LogP contribution in [0.3, 0.4) is 0 Å². The van der Waals surface area contributed by atoms with Crippen molar-refractivity contribution in [3.63, 3.8) is 0 Å². The molecular formula is C41H90N2O2. The van der Waals surface area contributed by atoms with Crippen molar-refractivity contribution >= 4 is 0 Å². The second-order valence-electron chi connectivity index (χ2n) is 13.9. The minimum atomic E-state index is -0.0484. The van der Waals surface area contributed by atoms with Crippen molar-refractivity contribution in [1.29, 1.82) is 0 Å². The van der Waals surface area contributed by atoms with Gasteiger partial charge in [0.05, 0.1) is 6.10 Å². The van der Waals surface area contributed by atoms with Gasteiger partial charge in [-0.2, -0.15) is 0 Å². The Kier molecular flexibility index (Phi) is 52.8. The van der Waals surface area contributed by atoms with Crippen LogP contribution in [0, 0.1) is 5.92 Å². The zero-order valence-electron chi connectivity index (χ0n) is 32.0. The van der Waals surface area contributed by atoms with E-state index in [-0.39, 0.29) is 6.10 Å². The first-order valence-corrected chi connectivity index (χ1v) is 20.8. The topological polar surface area (TPSA) is 92.5 Å². The first-order chi connectivity index (χ1) is 22.1. The third-order valence-electron chi connectivity index (χ3n) is 9.21. The van der Waals surface area contributed by atoms with E-state index in [1.165, 1.54) is 186 Å². The van der Waals surface area contributed by atoms with Crippen LogP contribution in [0.25, 0.3) is 0 Å². The Labute approximate surface area is 286 Å². The highest BCUT2D eigenvalue weighted by atomic mass is 16.3. The molecule has 0 aromatic carbocycles. The van der Waals surface area contributed by atoms with Crippen LogP contribution >= 0.6 is 0 Å². The molecular weight excluding hydrogens is 552 g/mol. The molecule has 0 bridgehead atoms. The van der Waals surface area contributed by atoms with Gasteiger partial charge in [0.15, 0.2) is 0 Å². The lowest BCUT2D eigenvalue weighted by Gasteiger charge is -2.15. The minimum absolute atomic E-state index is 0.0484. The molecule has 276 valence electrons. The fourth-order valence-corrected chi connectivity index (χ4v) is 6.10. The van der Waals surface area contributed by atoms with E-state index in [4.69, 9.17) is 16.6 Å². The summed E-state index contributed by atoms with van der Waals surface area (Å²) in [6.45, 7) is 10.5. The van der Waals surface area contributed by atoms with Crippen molar-refractivity contribution < 1.29 is 10.2 Å².